The molecule has 0 fully saturated rings. The molecule has 0 atom stereocenters. The van der Waals surface area contributed by atoms with Crippen molar-refractivity contribution in [3.63, 3.8) is 0 Å². The number of hydrogen-bond donors (Lipinski definition) is 1. The van der Waals surface area contributed by atoms with Crippen LogP contribution in [0.15, 0.2) is 41.6 Å². The van der Waals surface area contributed by atoms with Gasteiger partial charge in [0.25, 0.3) is 5.69 Å². The minimum atomic E-state index is -4.61. The molecular formula is C19H14ClF3N2O6. The molecule has 2 aromatic carbocycles. The molecule has 0 spiro atoms. The van der Waals surface area contributed by atoms with Gasteiger partial charge in [-0.3, -0.25) is 19.7 Å². The molecule has 31 heavy (non-hydrogen) atoms. The SMILES string of the molecule is CC(=O)CC(CC(=O)c1cc(Oc2ccc(C(F)(F)F)cc2Cl)ccc1[N+](=O)[O-])=NO. The van der Waals surface area contributed by atoms with Crippen LogP contribution in [0.2, 0.25) is 5.02 Å². The maximum atomic E-state index is 12.8. The summed E-state index contributed by atoms with van der Waals surface area (Å²) < 4.78 is 43.6. The molecule has 0 saturated heterocycles. The lowest BCUT2D eigenvalue weighted by molar-refractivity contribution is -0.385. The minimum Gasteiger partial charge on any atom is -0.456 e. The monoisotopic (exact) mass is 458 g/mol. The Balaban J connectivity index is 2.36. The van der Waals surface area contributed by atoms with E-state index in [1.807, 2.05) is 0 Å². The first-order valence-electron chi connectivity index (χ1n) is 8.48. The van der Waals surface area contributed by atoms with E-state index < -0.39 is 40.1 Å². The lowest BCUT2D eigenvalue weighted by Crippen LogP contribution is -2.13. The third-order valence-corrected chi connectivity index (χ3v) is 4.21. The van der Waals surface area contributed by atoms with E-state index in [4.69, 9.17) is 21.5 Å². The fourth-order valence-corrected chi connectivity index (χ4v) is 2.77. The maximum absolute atomic E-state index is 12.8. The quantitative estimate of drug-likeness (QED) is 0.185. The number of carbonyl (C=O) groups excluding carboxylic acids is 2. The van der Waals surface area contributed by atoms with Gasteiger partial charge in [-0.2, -0.15) is 13.2 Å². The summed E-state index contributed by atoms with van der Waals surface area (Å²) in [5.74, 6) is -1.49. The molecule has 0 radical (unpaired) electrons. The van der Waals surface area contributed by atoms with Crippen molar-refractivity contribution in [3.05, 3.63) is 62.7 Å². The second-order valence-electron chi connectivity index (χ2n) is 6.33. The summed E-state index contributed by atoms with van der Waals surface area (Å²) in [5, 5.41) is 22.7. The molecule has 0 aromatic heterocycles. The standard InChI is InChI=1S/C19H14ClF3N2O6/c1-10(26)6-12(24-28)8-17(27)14-9-13(3-4-16(14)25(29)30)31-18-5-2-11(7-15(18)20)19(21,22)23/h2-5,7,9,28H,6,8H2,1H3. The molecule has 0 saturated carbocycles. The second kappa shape index (κ2) is 9.56. The molecule has 8 nitrogen and oxygen atoms in total. The van der Waals surface area contributed by atoms with E-state index in [9.17, 15) is 32.9 Å². The molecular weight excluding hydrogens is 445 g/mol. The normalized spacial score (nSPS) is 11.8. The van der Waals surface area contributed by atoms with E-state index >= 15 is 0 Å². The van der Waals surface area contributed by atoms with Gasteiger partial charge in [0.2, 0.25) is 0 Å². The van der Waals surface area contributed by atoms with E-state index in [2.05, 4.69) is 5.16 Å². The lowest BCUT2D eigenvalue weighted by atomic mass is 10.0. The average molecular weight is 459 g/mol. The Kier molecular flexibility index (Phi) is 7.34. The molecule has 0 aliphatic rings. The summed E-state index contributed by atoms with van der Waals surface area (Å²) in [4.78, 5) is 34.1. The highest BCUT2D eigenvalue weighted by Crippen LogP contribution is 2.37. The Morgan fingerprint density at radius 2 is 1.87 bits per heavy atom. The number of alkyl halides is 3. The van der Waals surface area contributed by atoms with Crippen molar-refractivity contribution in [2.24, 2.45) is 5.16 Å². The summed E-state index contributed by atoms with van der Waals surface area (Å²) >= 11 is 5.83. The Morgan fingerprint density at radius 3 is 2.39 bits per heavy atom. The van der Waals surface area contributed by atoms with Crippen LogP contribution in [0.3, 0.4) is 0 Å². The molecule has 0 amide bonds. The topological polar surface area (TPSA) is 119 Å². The smallest absolute Gasteiger partial charge is 0.416 e. The predicted octanol–water partition coefficient (Wildman–Crippen LogP) is 5.44. The Labute approximate surface area is 178 Å². The molecule has 164 valence electrons. The predicted molar refractivity (Wildman–Crippen MR) is 103 cm³/mol. The van der Waals surface area contributed by atoms with Crippen LogP contribution in [0.5, 0.6) is 11.5 Å². The number of nitrogens with zero attached hydrogens (tertiary/aromatic N) is 2. The third kappa shape index (κ3) is 6.25. The van der Waals surface area contributed by atoms with Crippen molar-refractivity contribution in [3.8, 4) is 11.5 Å². The highest BCUT2D eigenvalue weighted by molar-refractivity contribution is 6.32. The Bertz CT molecular complexity index is 1070. The summed E-state index contributed by atoms with van der Waals surface area (Å²) in [7, 11) is 0. The second-order valence-corrected chi connectivity index (χ2v) is 6.73. The van der Waals surface area contributed by atoms with Crippen LogP contribution in [0.25, 0.3) is 0 Å². The van der Waals surface area contributed by atoms with Crippen LogP contribution >= 0.6 is 11.6 Å². The number of ketones is 2. The Hall–Kier alpha value is -3.47. The van der Waals surface area contributed by atoms with E-state index in [0.717, 1.165) is 30.3 Å². The molecule has 0 aliphatic heterocycles. The van der Waals surface area contributed by atoms with Gasteiger partial charge < -0.3 is 9.94 Å². The molecule has 0 unspecified atom stereocenters. The van der Waals surface area contributed by atoms with Crippen LogP contribution in [0.4, 0.5) is 18.9 Å². The summed E-state index contributed by atoms with van der Waals surface area (Å²) in [6, 6.07) is 5.49. The van der Waals surface area contributed by atoms with E-state index in [-0.39, 0.29) is 34.4 Å². The summed E-state index contributed by atoms with van der Waals surface area (Å²) in [6.45, 7) is 1.21. The lowest BCUT2D eigenvalue weighted by Gasteiger charge is -2.12. The van der Waals surface area contributed by atoms with Crippen molar-refractivity contribution in [1.29, 1.82) is 0 Å². The maximum Gasteiger partial charge on any atom is 0.416 e. The zero-order valence-electron chi connectivity index (χ0n) is 15.8. The van der Waals surface area contributed by atoms with Crippen LogP contribution in [0, 0.1) is 10.1 Å². The first kappa shape index (κ1) is 23.8. The minimum absolute atomic E-state index is 0.107. The number of oxime groups is 1. The molecule has 0 bridgehead atoms. The van der Waals surface area contributed by atoms with Crippen molar-refractivity contribution >= 4 is 34.6 Å². The summed E-state index contributed by atoms with van der Waals surface area (Å²) in [5.41, 5.74) is -2.17. The van der Waals surface area contributed by atoms with Crippen LogP contribution in [0.1, 0.15) is 35.7 Å². The number of nitro benzene ring substituents is 1. The molecule has 2 aromatic rings. The van der Waals surface area contributed by atoms with E-state index in [1.54, 1.807) is 0 Å². The van der Waals surface area contributed by atoms with Crippen LogP contribution < -0.4 is 4.74 Å². The fraction of sp³-hybridized carbons (Fsp3) is 0.211. The van der Waals surface area contributed by atoms with E-state index in [0.29, 0.717) is 6.07 Å². The zero-order valence-corrected chi connectivity index (χ0v) is 16.5. The fourth-order valence-electron chi connectivity index (χ4n) is 2.55. The van der Waals surface area contributed by atoms with Gasteiger partial charge in [-0.05, 0) is 37.3 Å². The van der Waals surface area contributed by atoms with Gasteiger partial charge in [-0.1, -0.05) is 16.8 Å². The number of Topliss-reactive ketones (excluding diaryl/α,β-unsaturated/α-hetero) is 2. The van der Waals surface area contributed by atoms with Gasteiger partial charge in [0, 0.05) is 12.5 Å². The number of ether oxygens (including phenoxy) is 1. The van der Waals surface area contributed by atoms with Gasteiger partial charge in [-0.25, -0.2) is 0 Å². The number of rotatable bonds is 8. The first-order valence-corrected chi connectivity index (χ1v) is 8.85. The van der Waals surface area contributed by atoms with Gasteiger partial charge in [0.05, 0.1) is 33.2 Å². The molecule has 2 rings (SSSR count). The summed E-state index contributed by atoms with van der Waals surface area (Å²) in [6.07, 6.45) is -5.50. The number of halogens is 4. The highest BCUT2D eigenvalue weighted by Gasteiger charge is 2.31. The van der Waals surface area contributed by atoms with Crippen molar-refractivity contribution < 1.29 is 37.6 Å². The Morgan fingerprint density at radius 1 is 1.19 bits per heavy atom. The van der Waals surface area contributed by atoms with Crippen LogP contribution in [-0.4, -0.2) is 27.4 Å². The average Bonchev–Trinajstić information content (AvgIpc) is 2.67. The number of carbonyl (C=O) groups is 2. The number of hydrogen-bond acceptors (Lipinski definition) is 7. The third-order valence-electron chi connectivity index (χ3n) is 3.91. The van der Waals surface area contributed by atoms with Gasteiger partial charge in [0.1, 0.15) is 17.3 Å². The van der Waals surface area contributed by atoms with Gasteiger partial charge >= 0.3 is 6.18 Å². The highest BCUT2D eigenvalue weighted by atomic mass is 35.5. The molecule has 0 aliphatic carbocycles. The van der Waals surface area contributed by atoms with E-state index in [1.165, 1.54) is 6.92 Å². The zero-order chi connectivity index (χ0) is 23.3. The van der Waals surface area contributed by atoms with Crippen LogP contribution in [-0.2, 0) is 11.0 Å². The molecule has 12 heteroatoms. The van der Waals surface area contributed by atoms with Gasteiger partial charge in [-0.15, -0.1) is 0 Å². The number of nitro groups is 1. The largest absolute Gasteiger partial charge is 0.456 e. The van der Waals surface area contributed by atoms with Gasteiger partial charge in [0.15, 0.2) is 5.78 Å². The first-order chi connectivity index (χ1) is 14.4. The number of benzene rings is 2. The van der Waals surface area contributed by atoms with Crippen molar-refractivity contribution in [2.75, 3.05) is 0 Å². The molecule has 1 N–H and O–H groups in total. The van der Waals surface area contributed by atoms with Crippen molar-refractivity contribution in [1.82, 2.24) is 0 Å². The van der Waals surface area contributed by atoms with Crippen molar-refractivity contribution in [2.45, 2.75) is 25.9 Å². The molecule has 0 heterocycles.